The van der Waals surface area contributed by atoms with Crippen LogP contribution in [-0.2, 0) is 0 Å². The van der Waals surface area contributed by atoms with E-state index in [2.05, 4.69) is 48.8 Å². The number of benzene rings is 1. The zero-order valence-electron chi connectivity index (χ0n) is 12.5. The molecular formula is C17H26N2. The topological polar surface area (TPSA) is 6.48 Å². The van der Waals surface area contributed by atoms with E-state index >= 15 is 0 Å². The summed E-state index contributed by atoms with van der Waals surface area (Å²) >= 11 is 0. The summed E-state index contributed by atoms with van der Waals surface area (Å²) in [5.41, 5.74) is 4.34. The molecule has 1 saturated heterocycles. The number of nitrogens with zero attached hydrogens (tertiary/aromatic N) is 2. The molecule has 104 valence electrons. The SMILES string of the molecule is Cc1cc(C(C)C)ccc1N1CCN(C2CC2)CC1. The molecule has 0 amide bonds. The van der Waals surface area contributed by atoms with Gasteiger partial charge in [-0.15, -0.1) is 0 Å². The normalized spacial score (nSPS) is 21.2. The smallest absolute Gasteiger partial charge is 0.0397 e. The van der Waals surface area contributed by atoms with Crippen LogP contribution in [0.3, 0.4) is 0 Å². The molecule has 19 heavy (non-hydrogen) atoms. The number of hydrogen-bond acceptors (Lipinski definition) is 2. The average molecular weight is 258 g/mol. The van der Waals surface area contributed by atoms with E-state index in [0.29, 0.717) is 5.92 Å². The highest BCUT2D eigenvalue weighted by molar-refractivity contribution is 5.55. The Morgan fingerprint density at radius 1 is 1.05 bits per heavy atom. The summed E-state index contributed by atoms with van der Waals surface area (Å²) in [4.78, 5) is 5.24. The van der Waals surface area contributed by atoms with Gasteiger partial charge in [-0.25, -0.2) is 0 Å². The van der Waals surface area contributed by atoms with Crippen molar-refractivity contribution in [1.29, 1.82) is 0 Å². The summed E-state index contributed by atoms with van der Waals surface area (Å²) in [6.07, 6.45) is 2.87. The molecule has 0 atom stereocenters. The highest BCUT2D eigenvalue weighted by atomic mass is 15.3. The molecule has 1 saturated carbocycles. The summed E-state index contributed by atoms with van der Waals surface area (Å²) in [6, 6.07) is 7.93. The molecular weight excluding hydrogens is 232 g/mol. The van der Waals surface area contributed by atoms with Crippen LogP contribution in [0.2, 0.25) is 0 Å². The van der Waals surface area contributed by atoms with Crippen LogP contribution in [0.25, 0.3) is 0 Å². The van der Waals surface area contributed by atoms with E-state index in [1.807, 2.05) is 0 Å². The second-order valence-electron chi connectivity index (χ2n) is 6.45. The molecule has 0 N–H and O–H groups in total. The lowest BCUT2D eigenvalue weighted by Gasteiger charge is -2.37. The van der Waals surface area contributed by atoms with Crippen LogP contribution >= 0.6 is 0 Å². The van der Waals surface area contributed by atoms with E-state index < -0.39 is 0 Å². The van der Waals surface area contributed by atoms with Crippen LogP contribution in [0.1, 0.15) is 43.7 Å². The predicted molar refractivity (Wildman–Crippen MR) is 82.1 cm³/mol. The van der Waals surface area contributed by atoms with Crippen molar-refractivity contribution in [2.24, 2.45) is 0 Å². The maximum Gasteiger partial charge on any atom is 0.0397 e. The van der Waals surface area contributed by atoms with Gasteiger partial charge in [0, 0.05) is 37.9 Å². The lowest BCUT2D eigenvalue weighted by molar-refractivity contribution is 0.248. The van der Waals surface area contributed by atoms with E-state index in [0.717, 1.165) is 6.04 Å². The molecule has 2 aliphatic rings. The maximum absolute atomic E-state index is 2.67. The van der Waals surface area contributed by atoms with Crippen LogP contribution in [-0.4, -0.2) is 37.1 Å². The number of aryl methyl sites for hydroxylation is 1. The fraction of sp³-hybridized carbons (Fsp3) is 0.647. The van der Waals surface area contributed by atoms with E-state index in [1.54, 1.807) is 0 Å². The molecule has 0 unspecified atom stereocenters. The Bertz CT molecular complexity index is 441. The van der Waals surface area contributed by atoms with Crippen molar-refractivity contribution in [2.45, 2.75) is 45.6 Å². The Morgan fingerprint density at radius 2 is 1.74 bits per heavy atom. The molecule has 2 heteroatoms. The van der Waals surface area contributed by atoms with Gasteiger partial charge in [0.15, 0.2) is 0 Å². The fourth-order valence-electron chi connectivity index (χ4n) is 3.16. The van der Waals surface area contributed by atoms with Gasteiger partial charge in [0.05, 0.1) is 0 Å². The Kier molecular flexibility index (Phi) is 3.53. The highest BCUT2D eigenvalue weighted by Gasteiger charge is 2.31. The Morgan fingerprint density at radius 3 is 2.26 bits per heavy atom. The Hall–Kier alpha value is -1.02. The highest BCUT2D eigenvalue weighted by Crippen LogP contribution is 2.30. The summed E-state index contributed by atoms with van der Waals surface area (Å²) in [5, 5.41) is 0. The fourth-order valence-corrected chi connectivity index (χ4v) is 3.16. The van der Waals surface area contributed by atoms with Crippen LogP contribution in [0.15, 0.2) is 18.2 Å². The van der Waals surface area contributed by atoms with Gasteiger partial charge in [0.1, 0.15) is 0 Å². The van der Waals surface area contributed by atoms with E-state index in [1.165, 1.54) is 55.8 Å². The number of rotatable bonds is 3. The van der Waals surface area contributed by atoms with Gasteiger partial charge in [-0.3, -0.25) is 4.90 Å². The van der Waals surface area contributed by atoms with Crippen LogP contribution in [0.4, 0.5) is 5.69 Å². The van der Waals surface area contributed by atoms with Crippen molar-refractivity contribution in [2.75, 3.05) is 31.1 Å². The summed E-state index contributed by atoms with van der Waals surface area (Å²) < 4.78 is 0. The van der Waals surface area contributed by atoms with Gasteiger partial charge in [0.25, 0.3) is 0 Å². The first kappa shape index (κ1) is 13.0. The van der Waals surface area contributed by atoms with Crippen molar-refractivity contribution in [3.63, 3.8) is 0 Å². The molecule has 0 aromatic heterocycles. The monoisotopic (exact) mass is 258 g/mol. The quantitative estimate of drug-likeness (QED) is 0.820. The van der Waals surface area contributed by atoms with Crippen LogP contribution < -0.4 is 4.90 Å². The minimum Gasteiger partial charge on any atom is -0.369 e. The lowest BCUT2D eigenvalue weighted by Crippen LogP contribution is -2.47. The van der Waals surface area contributed by atoms with Crippen molar-refractivity contribution >= 4 is 5.69 Å². The first-order valence-electron chi connectivity index (χ1n) is 7.74. The third-order valence-electron chi connectivity index (χ3n) is 4.61. The van der Waals surface area contributed by atoms with Gasteiger partial charge >= 0.3 is 0 Å². The van der Waals surface area contributed by atoms with Crippen LogP contribution in [0.5, 0.6) is 0 Å². The zero-order chi connectivity index (χ0) is 13.4. The van der Waals surface area contributed by atoms with Gasteiger partial charge in [0.2, 0.25) is 0 Å². The molecule has 0 spiro atoms. The third-order valence-corrected chi connectivity index (χ3v) is 4.61. The second-order valence-corrected chi connectivity index (χ2v) is 6.45. The molecule has 0 radical (unpaired) electrons. The van der Waals surface area contributed by atoms with Crippen LogP contribution in [0, 0.1) is 6.92 Å². The van der Waals surface area contributed by atoms with Gasteiger partial charge in [-0.05, 0) is 42.9 Å². The third kappa shape index (κ3) is 2.79. The van der Waals surface area contributed by atoms with E-state index in [-0.39, 0.29) is 0 Å². The largest absolute Gasteiger partial charge is 0.369 e. The van der Waals surface area contributed by atoms with Gasteiger partial charge in [-0.2, -0.15) is 0 Å². The summed E-state index contributed by atoms with van der Waals surface area (Å²) in [5.74, 6) is 0.625. The number of anilines is 1. The first-order valence-corrected chi connectivity index (χ1v) is 7.74. The molecule has 2 fully saturated rings. The number of piperazine rings is 1. The predicted octanol–water partition coefficient (Wildman–Crippen LogP) is 3.40. The Labute approximate surface area is 117 Å². The summed E-state index contributed by atoms with van der Waals surface area (Å²) in [7, 11) is 0. The molecule has 3 rings (SSSR count). The van der Waals surface area contributed by atoms with Crippen molar-refractivity contribution in [3.05, 3.63) is 29.3 Å². The molecule has 0 bridgehead atoms. The van der Waals surface area contributed by atoms with Crippen molar-refractivity contribution in [3.8, 4) is 0 Å². The molecule has 1 aromatic carbocycles. The lowest BCUT2D eigenvalue weighted by atomic mass is 9.99. The summed E-state index contributed by atoms with van der Waals surface area (Å²) in [6.45, 7) is 11.7. The minimum atomic E-state index is 0.625. The maximum atomic E-state index is 2.67. The molecule has 1 heterocycles. The van der Waals surface area contributed by atoms with E-state index in [9.17, 15) is 0 Å². The van der Waals surface area contributed by atoms with Crippen molar-refractivity contribution < 1.29 is 0 Å². The molecule has 1 aliphatic heterocycles. The molecule has 1 aliphatic carbocycles. The van der Waals surface area contributed by atoms with Crippen molar-refractivity contribution in [1.82, 2.24) is 4.90 Å². The Balaban J connectivity index is 1.69. The molecule has 2 nitrogen and oxygen atoms in total. The standard InChI is InChI=1S/C17H26N2/c1-13(2)15-4-7-17(14(3)12-15)19-10-8-18(9-11-19)16-5-6-16/h4,7,12-13,16H,5-6,8-11H2,1-3H3. The van der Waals surface area contributed by atoms with E-state index in [4.69, 9.17) is 0 Å². The zero-order valence-corrected chi connectivity index (χ0v) is 12.5. The number of hydrogen-bond donors (Lipinski definition) is 0. The van der Waals surface area contributed by atoms with Gasteiger partial charge in [-0.1, -0.05) is 26.0 Å². The first-order chi connectivity index (χ1) is 9.15. The van der Waals surface area contributed by atoms with Gasteiger partial charge < -0.3 is 4.90 Å². The molecule has 1 aromatic rings. The minimum absolute atomic E-state index is 0.625. The second kappa shape index (κ2) is 5.16. The average Bonchev–Trinajstić information content (AvgIpc) is 3.23.